The predicted octanol–water partition coefficient (Wildman–Crippen LogP) is 2.34. The molecule has 1 N–H and O–H groups in total. The molecule has 1 amide bonds. The third kappa shape index (κ3) is 4.52. The van der Waals surface area contributed by atoms with Crippen LogP contribution in [0.25, 0.3) is 0 Å². The first-order valence-corrected chi connectivity index (χ1v) is 6.97. The van der Waals surface area contributed by atoms with Crippen molar-refractivity contribution >= 4 is 5.91 Å². The first-order chi connectivity index (χ1) is 9.28. The van der Waals surface area contributed by atoms with Gasteiger partial charge in [0.15, 0.2) is 0 Å². The highest BCUT2D eigenvalue weighted by molar-refractivity contribution is 5.87. The summed E-state index contributed by atoms with van der Waals surface area (Å²) in [5, 5.41) is 3.05. The van der Waals surface area contributed by atoms with Gasteiger partial charge in [0, 0.05) is 25.7 Å². The highest BCUT2D eigenvalue weighted by atomic mass is 16.1. The molecule has 19 heavy (non-hydrogen) atoms. The minimum atomic E-state index is 0.0315. The van der Waals surface area contributed by atoms with E-state index in [2.05, 4.69) is 34.5 Å². The third-order valence-electron chi connectivity index (χ3n) is 3.50. The molecule has 1 saturated heterocycles. The summed E-state index contributed by atoms with van der Waals surface area (Å²) in [5.41, 5.74) is 1.36. The second-order valence-electron chi connectivity index (χ2n) is 5.04. The van der Waals surface area contributed by atoms with E-state index in [9.17, 15) is 4.79 Å². The molecule has 1 aliphatic rings. The zero-order valence-electron chi connectivity index (χ0n) is 11.5. The molecule has 3 nitrogen and oxygen atoms in total. The SMILES string of the molecule is CC=CC(=O)NC1CCN(Cc2ccccc2)CC1. The number of carbonyl (C=O) groups excluding carboxylic acids is 1. The monoisotopic (exact) mass is 258 g/mol. The Hall–Kier alpha value is -1.61. The molecule has 2 rings (SSSR count). The standard InChI is InChI=1S/C16H22N2O/c1-2-6-16(19)17-15-9-11-18(12-10-15)13-14-7-4-3-5-8-14/h2-8,15H,9-13H2,1H3,(H,17,19). The van der Waals surface area contributed by atoms with Crippen LogP contribution in [0.15, 0.2) is 42.5 Å². The highest BCUT2D eigenvalue weighted by Gasteiger charge is 2.19. The number of nitrogens with zero attached hydrogens (tertiary/aromatic N) is 1. The lowest BCUT2D eigenvalue weighted by molar-refractivity contribution is -0.117. The van der Waals surface area contributed by atoms with Crippen LogP contribution in [-0.2, 0) is 11.3 Å². The second-order valence-corrected chi connectivity index (χ2v) is 5.04. The summed E-state index contributed by atoms with van der Waals surface area (Å²) in [6, 6.07) is 10.9. The van der Waals surface area contributed by atoms with Gasteiger partial charge in [-0.25, -0.2) is 0 Å². The Bertz CT molecular complexity index is 420. The molecular weight excluding hydrogens is 236 g/mol. The fourth-order valence-corrected chi connectivity index (χ4v) is 2.48. The molecule has 0 aliphatic carbocycles. The molecular formula is C16H22N2O. The van der Waals surface area contributed by atoms with Crippen LogP contribution in [0.1, 0.15) is 25.3 Å². The Kier molecular flexibility index (Phi) is 5.16. The number of nitrogens with one attached hydrogen (secondary N) is 1. The first-order valence-electron chi connectivity index (χ1n) is 6.97. The van der Waals surface area contributed by atoms with E-state index in [4.69, 9.17) is 0 Å². The quantitative estimate of drug-likeness (QED) is 0.841. The summed E-state index contributed by atoms with van der Waals surface area (Å²) in [4.78, 5) is 13.9. The molecule has 3 heteroatoms. The van der Waals surface area contributed by atoms with Crippen LogP contribution < -0.4 is 5.32 Å². The number of amides is 1. The molecule has 0 saturated carbocycles. The van der Waals surface area contributed by atoms with Gasteiger partial charge < -0.3 is 5.32 Å². The van der Waals surface area contributed by atoms with Crippen molar-refractivity contribution < 1.29 is 4.79 Å². The Morgan fingerprint density at radius 3 is 2.63 bits per heavy atom. The van der Waals surface area contributed by atoms with Gasteiger partial charge in [-0.3, -0.25) is 9.69 Å². The molecule has 0 unspecified atom stereocenters. The maximum atomic E-state index is 11.5. The zero-order valence-corrected chi connectivity index (χ0v) is 11.5. The summed E-state index contributed by atoms with van der Waals surface area (Å²) >= 11 is 0. The van der Waals surface area contributed by atoms with E-state index in [1.807, 2.05) is 13.0 Å². The van der Waals surface area contributed by atoms with Crippen LogP contribution in [0.2, 0.25) is 0 Å². The van der Waals surface area contributed by atoms with E-state index in [-0.39, 0.29) is 5.91 Å². The molecule has 0 aromatic heterocycles. The average Bonchev–Trinajstić information content (AvgIpc) is 2.42. The summed E-state index contributed by atoms with van der Waals surface area (Å²) in [5.74, 6) is 0.0315. The van der Waals surface area contributed by atoms with Crippen molar-refractivity contribution in [1.29, 1.82) is 0 Å². The van der Waals surface area contributed by atoms with Crippen molar-refractivity contribution in [3.8, 4) is 0 Å². The lowest BCUT2D eigenvalue weighted by atomic mass is 10.0. The molecule has 0 radical (unpaired) electrons. The van der Waals surface area contributed by atoms with Crippen LogP contribution >= 0.6 is 0 Å². The maximum Gasteiger partial charge on any atom is 0.243 e. The fourth-order valence-electron chi connectivity index (χ4n) is 2.48. The number of likely N-dealkylation sites (tertiary alicyclic amines) is 1. The summed E-state index contributed by atoms with van der Waals surface area (Å²) in [6.45, 7) is 4.98. The smallest absolute Gasteiger partial charge is 0.243 e. The van der Waals surface area contributed by atoms with Gasteiger partial charge in [0.05, 0.1) is 0 Å². The number of carbonyl (C=O) groups is 1. The predicted molar refractivity (Wildman–Crippen MR) is 77.7 cm³/mol. The summed E-state index contributed by atoms with van der Waals surface area (Å²) < 4.78 is 0. The van der Waals surface area contributed by atoms with Crippen molar-refractivity contribution in [2.75, 3.05) is 13.1 Å². The van der Waals surface area contributed by atoms with Crippen LogP contribution in [0, 0.1) is 0 Å². The van der Waals surface area contributed by atoms with Gasteiger partial charge in [-0.05, 0) is 31.4 Å². The Balaban J connectivity index is 1.75. The van der Waals surface area contributed by atoms with Crippen molar-refractivity contribution in [2.45, 2.75) is 32.4 Å². The molecule has 0 atom stereocenters. The molecule has 0 bridgehead atoms. The van der Waals surface area contributed by atoms with Crippen LogP contribution in [0.3, 0.4) is 0 Å². The Morgan fingerprint density at radius 1 is 1.32 bits per heavy atom. The van der Waals surface area contributed by atoms with Gasteiger partial charge in [-0.1, -0.05) is 36.4 Å². The summed E-state index contributed by atoms with van der Waals surface area (Å²) in [6.07, 6.45) is 5.45. The maximum absolute atomic E-state index is 11.5. The van der Waals surface area contributed by atoms with E-state index < -0.39 is 0 Å². The van der Waals surface area contributed by atoms with E-state index in [1.165, 1.54) is 5.56 Å². The topological polar surface area (TPSA) is 32.3 Å². The fraction of sp³-hybridized carbons (Fsp3) is 0.438. The van der Waals surface area contributed by atoms with Gasteiger partial charge in [-0.2, -0.15) is 0 Å². The van der Waals surface area contributed by atoms with Crippen LogP contribution in [-0.4, -0.2) is 29.9 Å². The van der Waals surface area contributed by atoms with Crippen molar-refractivity contribution in [1.82, 2.24) is 10.2 Å². The minimum Gasteiger partial charge on any atom is -0.350 e. The minimum absolute atomic E-state index is 0.0315. The van der Waals surface area contributed by atoms with Crippen molar-refractivity contribution in [2.24, 2.45) is 0 Å². The third-order valence-corrected chi connectivity index (χ3v) is 3.50. The number of rotatable bonds is 4. The summed E-state index contributed by atoms with van der Waals surface area (Å²) in [7, 11) is 0. The lowest BCUT2D eigenvalue weighted by Crippen LogP contribution is -2.43. The molecule has 1 aromatic carbocycles. The number of benzene rings is 1. The lowest BCUT2D eigenvalue weighted by Gasteiger charge is -2.32. The Morgan fingerprint density at radius 2 is 2.00 bits per heavy atom. The van der Waals surface area contributed by atoms with Gasteiger partial charge in [-0.15, -0.1) is 0 Å². The molecule has 1 aromatic rings. The first kappa shape index (κ1) is 13.8. The van der Waals surface area contributed by atoms with Gasteiger partial charge in [0.25, 0.3) is 0 Å². The van der Waals surface area contributed by atoms with E-state index in [0.29, 0.717) is 6.04 Å². The van der Waals surface area contributed by atoms with E-state index in [1.54, 1.807) is 12.2 Å². The molecule has 0 spiro atoms. The number of allylic oxidation sites excluding steroid dienone is 1. The van der Waals surface area contributed by atoms with Gasteiger partial charge in [0.2, 0.25) is 5.91 Å². The molecule has 1 heterocycles. The molecule has 1 aliphatic heterocycles. The van der Waals surface area contributed by atoms with Crippen molar-refractivity contribution in [3.05, 3.63) is 48.0 Å². The van der Waals surface area contributed by atoms with E-state index >= 15 is 0 Å². The normalized spacial score (nSPS) is 17.7. The molecule has 1 fully saturated rings. The number of hydrogen-bond donors (Lipinski definition) is 1. The number of piperidine rings is 1. The molecule has 102 valence electrons. The second kappa shape index (κ2) is 7.10. The Labute approximate surface area is 115 Å². The highest BCUT2D eigenvalue weighted by Crippen LogP contribution is 2.13. The van der Waals surface area contributed by atoms with Crippen LogP contribution in [0.4, 0.5) is 0 Å². The largest absolute Gasteiger partial charge is 0.350 e. The van der Waals surface area contributed by atoms with Gasteiger partial charge >= 0.3 is 0 Å². The van der Waals surface area contributed by atoms with E-state index in [0.717, 1.165) is 32.5 Å². The van der Waals surface area contributed by atoms with Crippen LogP contribution in [0.5, 0.6) is 0 Å². The number of hydrogen-bond acceptors (Lipinski definition) is 2. The van der Waals surface area contributed by atoms with Gasteiger partial charge in [0.1, 0.15) is 0 Å². The zero-order chi connectivity index (χ0) is 13.5. The van der Waals surface area contributed by atoms with Crippen molar-refractivity contribution in [3.63, 3.8) is 0 Å². The average molecular weight is 258 g/mol.